The Morgan fingerprint density at radius 3 is 2.44 bits per heavy atom. The predicted molar refractivity (Wildman–Crippen MR) is 127 cm³/mol. The Hall–Kier alpha value is -4.20. The van der Waals surface area contributed by atoms with Crippen LogP contribution in [0.25, 0.3) is 6.08 Å². The van der Waals surface area contributed by atoms with Gasteiger partial charge < -0.3 is 14.5 Å². The van der Waals surface area contributed by atoms with E-state index in [4.69, 9.17) is 4.74 Å². The van der Waals surface area contributed by atoms with Gasteiger partial charge in [-0.2, -0.15) is 0 Å². The van der Waals surface area contributed by atoms with E-state index in [0.717, 1.165) is 5.82 Å². The second-order valence-corrected chi connectivity index (χ2v) is 8.08. The highest BCUT2D eigenvalue weighted by Gasteiger charge is 2.33. The number of pyridine rings is 1. The van der Waals surface area contributed by atoms with Gasteiger partial charge in [-0.3, -0.25) is 14.5 Å². The van der Waals surface area contributed by atoms with E-state index in [2.05, 4.69) is 9.88 Å². The van der Waals surface area contributed by atoms with Gasteiger partial charge in [0.15, 0.2) is 11.5 Å². The third-order valence-corrected chi connectivity index (χ3v) is 5.90. The van der Waals surface area contributed by atoms with Crippen molar-refractivity contribution in [3.05, 3.63) is 90.1 Å². The zero-order valence-corrected chi connectivity index (χ0v) is 18.4. The summed E-state index contributed by atoms with van der Waals surface area (Å²) in [5, 5.41) is 0. The topological polar surface area (TPSA) is 66.0 Å². The molecule has 0 unspecified atom stereocenters. The number of halogens is 1. The number of para-hydroxylation sites is 2. The number of carbonyl (C=O) groups excluding carboxylic acids is 2. The quantitative estimate of drug-likeness (QED) is 0.561. The molecule has 0 radical (unpaired) electrons. The lowest BCUT2D eigenvalue weighted by Gasteiger charge is -2.37. The first-order valence-electron chi connectivity index (χ1n) is 11.1. The van der Waals surface area contributed by atoms with Gasteiger partial charge in [0.05, 0.1) is 5.69 Å². The fraction of sp³-hybridized carbons (Fsp3) is 0.192. The highest BCUT2D eigenvalue weighted by molar-refractivity contribution is 6.12. The van der Waals surface area contributed by atoms with Crippen LogP contribution in [0.15, 0.2) is 78.7 Å². The maximum absolute atomic E-state index is 13.3. The minimum Gasteiger partial charge on any atom is -0.449 e. The van der Waals surface area contributed by atoms with Gasteiger partial charge in [0.25, 0.3) is 5.91 Å². The Morgan fingerprint density at radius 2 is 1.71 bits per heavy atom. The van der Waals surface area contributed by atoms with Crippen LogP contribution in [0.3, 0.4) is 0 Å². The molecule has 3 aromatic rings. The van der Waals surface area contributed by atoms with E-state index < -0.39 is 5.91 Å². The third kappa shape index (κ3) is 4.47. The normalized spacial score (nSPS) is 16.9. The first-order chi connectivity index (χ1) is 16.6. The molecule has 0 bridgehead atoms. The lowest BCUT2D eigenvalue weighted by atomic mass is 10.1. The highest BCUT2D eigenvalue weighted by atomic mass is 19.1. The fourth-order valence-corrected chi connectivity index (χ4v) is 4.09. The van der Waals surface area contributed by atoms with E-state index >= 15 is 0 Å². The molecule has 0 atom stereocenters. The Kier molecular flexibility index (Phi) is 5.95. The summed E-state index contributed by atoms with van der Waals surface area (Å²) in [6, 6.07) is 18.7. The van der Waals surface area contributed by atoms with Crippen LogP contribution in [0, 0.1) is 5.82 Å². The zero-order valence-electron chi connectivity index (χ0n) is 18.4. The molecule has 0 aliphatic carbocycles. The average Bonchev–Trinajstić information content (AvgIpc) is 2.88. The molecular formula is C26H23FN4O3. The Balaban J connectivity index is 1.32. The SMILES string of the molecule is O=C(CN1C(=O)C(=Cc2ccc(F)cc2)Oc2ccccc21)N1CCN(c2ccccn2)CC1. The number of aromatic nitrogens is 1. The first-order valence-corrected chi connectivity index (χ1v) is 11.1. The number of piperazine rings is 1. The largest absolute Gasteiger partial charge is 0.449 e. The number of anilines is 2. The van der Waals surface area contributed by atoms with E-state index in [9.17, 15) is 14.0 Å². The molecule has 0 saturated carbocycles. The van der Waals surface area contributed by atoms with Crippen molar-refractivity contribution < 1.29 is 18.7 Å². The molecule has 5 rings (SSSR count). The van der Waals surface area contributed by atoms with Gasteiger partial charge >= 0.3 is 0 Å². The number of hydrogen-bond donors (Lipinski definition) is 0. The molecule has 0 N–H and O–H groups in total. The summed E-state index contributed by atoms with van der Waals surface area (Å²) in [4.78, 5) is 36.2. The molecule has 1 aromatic heterocycles. The number of carbonyl (C=O) groups is 2. The summed E-state index contributed by atoms with van der Waals surface area (Å²) in [5.74, 6) is 0.554. The van der Waals surface area contributed by atoms with Crippen LogP contribution in [-0.4, -0.2) is 54.4 Å². The standard InChI is InChI=1S/C26H23FN4O3/c27-20-10-8-19(9-11-20)17-23-26(33)31(21-5-1-2-6-22(21)34-23)18-25(32)30-15-13-29(14-16-30)24-7-3-4-12-28-24/h1-12,17H,13-16,18H2. The van der Waals surface area contributed by atoms with Crippen LogP contribution < -0.4 is 14.5 Å². The maximum Gasteiger partial charge on any atom is 0.294 e. The van der Waals surface area contributed by atoms with E-state index in [-0.39, 0.29) is 24.0 Å². The minimum atomic E-state index is -0.413. The van der Waals surface area contributed by atoms with Gasteiger partial charge in [-0.1, -0.05) is 30.3 Å². The summed E-state index contributed by atoms with van der Waals surface area (Å²) in [5.41, 5.74) is 1.17. The molecule has 172 valence electrons. The summed E-state index contributed by atoms with van der Waals surface area (Å²) >= 11 is 0. The summed E-state index contributed by atoms with van der Waals surface area (Å²) in [6.45, 7) is 2.35. The molecule has 2 amide bonds. The molecule has 7 nitrogen and oxygen atoms in total. The number of nitrogens with zero attached hydrogens (tertiary/aromatic N) is 4. The average molecular weight is 458 g/mol. The maximum atomic E-state index is 13.3. The van der Waals surface area contributed by atoms with Crippen LogP contribution in [0.1, 0.15) is 5.56 Å². The number of benzene rings is 2. The number of rotatable bonds is 4. The van der Waals surface area contributed by atoms with Crippen molar-refractivity contribution in [3.8, 4) is 5.75 Å². The summed E-state index contributed by atoms with van der Waals surface area (Å²) in [6.07, 6.45) is 3.31. The van der Waals surface area contributed by atoms with Crippen molar-refractivity contribution in [2.24, 2.45) is 0 Å². The molecule has 3 heterocycles. The van der Waals surface area contributed by atoms with Gasteiger partial charge in [-0.25, -0.2) is 9.37 Å². The smallest absolute Gasteiger partial charge is 0.294 e. The van der Waals surface area contributed by atoms with Crippen LogP contribution in [0.5, 0.6) is 5.75 Å². The van der Waals surface area contributed by atoms with E-state index in [1.165, 1.54) is 17.0 Å². The Bertz CT molecular complexity index is 1220. The Morgan fingerprint density at radius 1 is 0.971 bits per heavy atom. The van der Waals surface area contributed by atoms with Gasteiger partial charge in [-0.15, -0.1) is 0 Å². The molecular weight excluding hydrogens is 435 g/mol. The van der Waals surface area contributed by atoms with Crippen molar-refractivity contribution >= 4 is 29.4 Å². The van der Waals surface area contributed by atoms with Gasteiger partial charge in [0, 0.05) is 32.4 Å². The first kappa shape index (κ1) is 21.6. The lowest BCUT2D eigenvalue weighted by molar-refractivity contribution is -0.131. The monoisotopic (exact) mass is 458 g/mol. The molecule has 34 heavy (non-hydrogen) atoms. The van der Waals surface area contributed by atoms with E-state index in [1.54, 1.807) is 53.6 Å². The van der Waals surface area contributed by atoms with Gasteiger partial charge in [0.1, 0.15) is 18.2 Å². The molecule has 2 aliphatic rings. The third-order valence-electron chi connectivity index (χ3n) is 5.90. The molecule has 2 aliphatic heterocycles. The molecule has 8 heteroatoms. The molecule has 1 saturated heterocycles. The number of ether oxygens (including phenoxy) is 1. The fourth-order valence-electron chi connectivity index (χ4n) is 4.09. The van der Waals surface area contributed by atoms with Crippen molar-refractivity contribution in [3.63, 3.8) is 0 Å². The number of hydrogen-bond acceptors (Lipinski definition) is 5. The molecule has 2 aromatic carbocycles. The second-order valence-electron chi connectivity index (χ2n) is 8.08. The Labute approximate surface area is 196 Å². The number of amides is 2. The highest BCUT2D eigenvalue weighted by Crippen LogP contribution is 2.35. The van der Waals surface area contributed by atoms with E-state index in [0.29, 0.717) is 43.2 Å². The van der Waals surface area contributed by atoms with Crippen molar-refractivity contribution in [2.75, 3.05) is 42.5 Å². The van der Waals surface area contributed by atoms with Crippen molar-refractivity contribution in [1.29, 1.82) is 0 Å². The predicted octanol–water partition coefficient (Wildman–Crippen LogP) is 3.34. The van der Waals surface area contributed by atoms with Crippen LogP contribution >= 0.6 is 0 Å². The molecule has 0 spiro atoms. The van der Waals surface area contributed by atoms with Crippen LogP contribution in [0.4, 0.5) is 15.9 Å². The molecule has 1 fully saturated rings. The van der Waals surface area contributed by atoms with Crippen molar-refractivity contribution in [1.82, 2.24) is 9.88 Å². The number of fused-ring (bicyclic) bond motifs is 1. The summed E-state index contributed by atoms with van der Waals surface area (Å²) < 4.78 is 19.1. The van der Waals surface area contributed by atoms with Gasteiger partial charge in [-0.05, 0) is 48.0 Å². The van der Waals surface area contributed by atoms with Crippen molar-refractivity contribution in [2.45, 2.75) is 0 Å². The minimum absolute atomic E-state index is 0.0816. The van der Waals surface area contributed by atoms with Gasteiger partial charge in [0.2, 0.25) is 5.91 Å². The summed E-state index contributed by atoms with van der Waals surface area (Å²) in [7, 11) is 0. The van der Waals surface area contributed by atoms with Crippen LogP contribution in [0.2, 0.25) is 0 Å². The van der Waals surface area contributed by atoms with Crippen LogP contribution in [-0.2, 0) is 9.59 Å². The lowest BCUT2D eigenvalue weighted by Crippen LogP contribution is -2.52. The zero-order chi connectivity index (χ0) is 23.5. The van der Waals surface area contributed by atoms with E-state index in [1.807, 2.05) is 18.2 Å². The second kappa shape index (κ2) is 9.35.